The van der Waals surface area contributed by atoms with E-state index in [2.05, 4.69) is 59.4 Å². The van der Waals surface area contributed by atoms with Gasteiger partial charge in [0.2, 0.25) is 0 Å². The summed E-state index contributed by atoms with van der Waals surface area (Å²) in [6.45, 7) is 8.38. The highest BCUT2D eigenvalue weighted by molar-refractivity contribution is 5.77. The molecule has 0 radical (unpaired) electrons. The fraction of sp³-hybridized carbons (Fsp3) is 0.611. The predicted molar refractivity (Wildman–Crippen MR) is 93.9 cm³/mol. The van der Waals surface area contributed by atoms with Crippen LogP contribution in [0.4, 0.5) is 0 Å². The Morgan fingerprint density at radius 3 is 2.64 bits per heavy atom. The SMILES string of the molecule is CCCNC(N)=NCC(c1ccccc1)N1CCC(C)CC1. The van der Waals surface area contributed by atoms with Crippen LogP contribution in [0.1, 0.15) is 44.7 Å². The van der Waals surface area contributed by atoms with Crippen LogP contribution in [-0.4, -0.2) is 37.0 Å². The summed E-state index contributed by atoms with van der Waals surface area (Å²) in [7, 11) is 0. The molecule has 1 fully saturated rings. The maximum absolute atomic E-state index is 5.96. The summed E-state index contributed by atoms with van der Waals surface area (Å²) in [5, 5.41) is 3.16. The number of nitrogens with zero attached hydrogens (tertiary/aromatic N) is 2. The summed E-state index contributed by atoms with van der Waals surface area (Å²) in [5.41, 5.74) is 7.30. The largest absolute Gasteiger partial charge is 0.370 e. The monoisotopic (exact) mass is 302 g/mol. The Morgan fingerprint density at radius 2 is 2.00 bits per heavy atom. The fourth-order valence-corrected chi connectivity index (χ4v) is 2.94. The number of benzene rings is 1. The third-order valence-corrected chi connectivity index (χ3v) is 4.43. The highest BCUT2D eigenvalue weighted by Crippen LogP contribution is 2.26. The zero-order chi connectivity index (χ0) is 15.8. The van der Waals surface area contributed by atoms with Gasteiger partial charge < -0.3 is 11.1 Å². The first-order chi connectivity index (χ1) is 10.7. The Bertz CT molecular complexity index is 449. The van der Waals surface area contributed by atoms with Crippen LogP contribution in [0.3, 0.4) is 0 Å². The summed E-state index contributed by atoms with van der Waals surface area (Å²) >= 11 is 0. The number of aliphatic imine (C=N–C) groups is 1. The molecule has 3 N–H and O–H groups in total. The number of hydrogen-bond donors (Lipinski definition) is 2. The molecule has 1 saturated heterocycles. The van der Waals surface area contributed by atoms with E-state index in [-0.39, 0.29) is 0 Å². The summed E-state index contributed by atoms with van der Waals surface area (Å²) in [6, 6.07) is 11.0. The van der Waals surface area contributed by atoms with Gasteiger partial charge >= 0.3 is 0 Å². The molecule has 0 aromatic heterocycles. The van der Waals surface area contributed by atoms with Crippen LogP contribution >= 0.6 is 0 Å². The number of likely N-dealkylation sites (tertiary alicyclic amines) is 1. The zero-order valence-electron chi connectivity index (χ0n) is 14.0. The fourth-order valence-electron chi connectivity index (χ4n) is 2.94. The highest BCUT2D eigenvalue weighted by Gasteiger charge is 2.24. The maximum atomic E-state index is 5.96. The smallest absolute Gasteiger partial charge is 0.188 e. The van der Waals surface area contributed by atoms with Crippen LogP contribution in [0.15, 0.2) is 35.3 Å². The second kappa shape index (κ2) is 8.79. The second-order valence-electron chi connectivity index (χ2n) is 6.30. The van der Waals surface area contributed by atoms with Crippen molar-refractivity contribution in [3.63, 3.8) is 0 Å². The van der Waals surface area contributed by atoms with Gasteiger partial charge in [-0.05, 0) is 43.8 Å². The molecule has 0 spiro atoms. The molecule has 0 amide bonds. The van der Waals surface area contributed by atoms with Crippen molar-refractivity contribution in [1.82, 2.24) is 10.2 Å². The second-order valence-corrected chi connectivity index (χ2v) is 6.30. The summed E-state index contributed by atoms with van der Waals surface area (Å²) in [6.07, 6.45) is 3.61. The lowest BCUT2D eigenvalue weighted by atomic mass is 9.96. The van der Waals surface area contributed by atoms with Crippen molar-refractivity contribution in [2.24, 2.45) is 16.6 Å². The third-order valence-electron chi connectivity index (χ3n) is 4.43. The predicted octanol–water partition coefficient (Wildman–Crippen LogP) is 2.77. The molecule has 4 heteroatoms. The van der Waals surface area contributed by atoms with Gasteiger partial charge in [-0.3, -0.25) is 9.89 Å². The van der Waals surface area contributed by atoms with Gasteiger partial charge in [0.1, 0.15) is 0 Å². The highest BCUT2D eigenvalue weighted by atomic mass is 15.2. The zero-order valence-corrected chi connectivity index (χ0v) is 14.0. The molecule has 0 saturated carbocycles. The van der Waals surface area contributed by atoms with Crippen LogP contribution in [0.25, 0.3) is 0 Å². The molecule has 1 aromatic carbocycles. The minimum Gasteiger partial charge on any atom is -0.370 e. The lowest BCUT2D eigenvalue weighted by Gasteiger charge is -2.36. The quantitative estimate of drug-likeness (QED) is 0.627. The minimum atomic E-state index is 0.329. The minimum absolute atomic E-state index is 0.329. The van der Waals surface area contributed by atoms with Crippen molar-refractivity contribution in [2.45, 2.75) is 39.2 Å². The number of hydrogen-bond acceptors (Lipinski definition) is 2. The Kier molecular flexibility index (Phi) is 6.72. The lowest BCUT2D eigenvalue weighted by Crippen LogP contribution is -2.38. The van der Waals surface area contributed by atoms with Crippen molar-refractivity contribution < 1.29 is 0 Å². The van der Waals surface area contributed by atoms with Crippen LogP contribution < -0.4 is 11.1 Å². The molecule has 1 aromatic rings. The first kappa shape index (κ1) is 16.8. The van der Waals surface area contributed by atoms with Gasteiger partial charge in [0, 0.05) is 6.54 Å². The number of piperidine rings is 1. The van der Waals surface area contributed by atoms with Gasteiger partial charge in [-0.1, -0.05) is 44.2 Å². The van der Waals surface area contributed by atoms with Crippen LogP contribution in [0.2, 0.25) is 0 Å². The van der Waals surface area contributed by atoms with Gasteiger partial charge in [-0.15, -0.1) is 0 Å². The molecule has 0 aliphatic carbocycles. The van der Waals surface area contributed by atoms with Crippen molar-refractivity contribution in [3.05, 3.63) is 35.9 Å². The Labute approximate surface area is 134 Å². The maximum Gasteiger partial charge on any atom is 0.188 e. The van der Waals surface area contributed by atoms with Crippen molar-refractivity contribution in [2.75, 3.05) is 26.2 Å². The van der Waals surface area contributed by atoms with E-state index in [4.69, 9.17) is 5.73 Å². The molecule has 1 atom stereocenters. The van der Waals surface area contributed by atoms with Gasteiger partial charge in [-0.25, -0.2) is 0 Å². The average molecular weight is 302 g/mol. The molecule has 22 heavy (non-hydrogen) atoms. The van der Waals surface area contributed by atoms with Gasteiger partial charge in [-0.2, -0.15) is 0 Å². The lowest BCUT2D eigenvalue weighted by molar-refractivity contribution is 0.141. The molecule has 2 rings (SSSR count). The Morgan fingerprint density at radius 1 is 1.32 bits per heavy atom. The standard InChI is InChI=1S/C18H30N4/c1-3-11-20-18(19)21-14-17(16-7-5-4-6-8-16)22-12-9-15(2)10-13-22/h4-8,15,17H,3,9-14H2,1-2H3,(H3,19,20,21). The number of guanidine groups is 1. The van der Waals surface area contributed by atoms with E-state index in [1.807, 2.05) is 0 Å². The van der Waals surface area contributed by atoms with E-state index < -0.39 is 0 Å². The molecule has 0 bridgehead atoms. The molecule has 1 unspecified atom stereocenters. The molecule has 122 valence electrons. The van der Waals surface area contributed by atoms with E-state index in [1.54, 1.807) is 0 Å². The summed E-state index contributed by atoms with van der Waals surface area (Å²) < 4.78 is 0. The Hall–Kier alpha value is -1.55. The average Bonchev–Trinajstić information content (AvgIpc) is 2.55. The molecule has 1 aliphatic heterocycles. The first-order valence-corrected chi connectivity index (χ1v) is 8.53. The number of nitrogens with two attached hydrogens (primary N) is 1. The van der Waals surface area contributed by atoms with Crippen molar-refractivity contribution in [3.8, 4) is 0 Å². The van der Waals surface area contributed by atoms with E-state index in [0.717, 1.165) is 38.5 Å². The van der Waals surface area contributed by atoms with Gasteiger partial charge in [0.25, 0.3) is 0 Å². The van der Waals surface area contributed by atoms with Crippen molar-refractivity contribution >= 4 is 5.96 Å². The van der Waals surface area contributed by atoms with Gasteiger partial charge in [0.05, 0.1) is 12.6 Å². The molecule has 1 aliphatic rings. The molecule has 4 nitrogen and oxygen atoms in total. The number of rotatable bonds is 6. The first-order valence-electron chi connectivity index (χ1n) is 8.53. The topological polar surface area (TPSA) is 53.6 Å². The van der Waals surface area contributed by atoms with E-state index in [0.29, 0.717) is 12.0 Å². The summed E-state index contributed by atoms with van der Waals surface area (Å²) in [4.78, 5) is 7.14. The van der Waals surface area contributed by atoms with Crippen LogP contribution in [-0.2, 0) is 0 Å². The molecular weight excluding hydrogens is 272 g/mol. The Balaban J connectivity index is 2.05. The van der Waals surface area contributed by atoms with E-state index in [9.17, 15) is 0 Å². The molecule has 1 heterocycles. The third kappa shape index (κ3) is 5.02. The van der Waals surface area contributed by atoms with Crippen LogP contribution in [0.5, 0.6) is 0 Å². The molecular formula is C18H30N4. The van der Waals surface area contributed by atoms with Crippen LogP contribution in [0, 0.1) is 5.92 Å². The van der Waals surface area contributed by atoms with Crippen molar-refractivity contribution in [1.29, 1.82) is 0 Å². The van der Waals surface area contributed by atoms with E-state index in [1.165, 1.54) is 18.4 Å². The van der Waals surface area contributed by atoms with E-state index >= 15 is 0 Å². The number of nitrogens with one attached hydrogen (secondary N) is 1. The summed E-state index contributed by atoms with van der Waals surface area (Å²) in [5.74, 6) is 1.40. The normalized spacial score (nSPS) is 19.1. The van der Waals surface area contributed by atoms with Gasteiger partial charge in [0.15, 0.2) is 5.96 Å².